The molecule has 4 aromatic carbocycles. The van der Waals surface area contributed by atoms with Crippen LogP contribution in [0.3, 0.4) is 0 Å². The van der Waals surface area contributed by atoms with Gasteiger partial charge >= 0.3 is 48.8 Å². The van der Waals surface area contributed by atoms with Crippen molar-refractivity contribution in [2.24, 2.45) is 0 Å². The smallest absolute Gasteiger partial charge is 0.416 e. The van der Waals surface area contributed by atoms with Crippen LogP contribution >= 0.6 is 0 Å². The van der Waals surface area contributed by atoms with Crippen molar-refractivity contribution in [2.75, 3.05) is 30.1 Å². The number of benzene rings is 4. The van der Waals surface area contributed by atoms with E-state index in [1.165, 1.54) is 36.8 Å². The average Bonchev–Trinajstić information content (AvgIpc) is 0.788. The number of nitrogens with zero attached hydrogens (tertiary/aromatic N) is 8. The van der Waals surface area contributed by atoms with Crippen molar-refractivity contribution < 1.29 is 101 Å². The van der Waals surface area contributed by atoms with Crippen LogP contribution in [0, 0.1) is 0 Å². The number of amides is 2. The molecule has 30 heteroatoms. The monoisotopic (exact) mass is 1410 g/mol. The van der Waals surface area contributed by atoms with Crippen molar-refractivity contribution in [3.8, 4) is 11.5 Å². The Kier molecular flexibility index (Phi) is 25.2. The minimum absolute atomic E-state index is 0.00217. The molecule has 0 spiro atoms. The number of carboxylic acid groups (broad SMARTS) is 1. The Morgan fingerprint density at radius 2 is 0.788 bits per heavy atom. The third-order valence-corrected chi connectivity index (χ3v) is 16.1. The van der Waals surface area contributed by atoms with Crippen LogP contribution in [0.25, 0.3) is 0 Å². The van der Waals surface area contributed by atoms with Crippen molar-refractivity contribution in [3.05, 3.63) is 166 Å². The van der Waals surface area contributed by atoms with Gasteiger partial charge in [-0.3, -0.25) is 0 Å². The van der Waals surface area contributed by atoms with E-state index in [1.54, 1.807) is 56.2 Å². The lowest BCUT2D eigenvalue weighted by molar-refractivity contribution is -0.144. The molecule has 6 atom stereocenters. The largest absolute Gasteiger partial charge is 0.479 e. The van der Waals surface area contributed by atoms with Crippen molar-refractivity contribution in [2.45, 2.75) is 192 Å². The number of carbonyl (C=O) groups excluding carboxylic acids is 3. The average molecular weight is 1410 g/mol. The number of hydrogen-bond acceptors (Lipinski definition) is 15. The van der Waals surface area contributed by atoms with Crippen molar-refractivity contribution in [3.63, 3.8) is 0 Å². The summed E-state index contributed by atoms with van der Waals surface area (Å²) in [5, 5.41) is 8.94. The molecule has 6 aromatic rings. The summed E-state index contributed by atoms with van der Waals surface area (Å²) in [6, 6.07) is 18.7. The summed E-state index contributed by atoms with van der Waals surface area (Å²) in [6.07, 6.45) is -13.5. The van der Waals surface area contributed by atoms with Crippen molar-refractivity contribution in [1.82, 2.24) is 29.7 Å². The van der Waals surface area contributed by atoms with E-state index in [-0.39, 0.29) is 72.3 Å². The molecule has 2 aromatic heterocycles. The molecule has 8 rings (SSSR count). The van der Waals surface area contributed by atoms with E-state index in [0.717, 1.165) is 11.1 Å². The van der Waals surface area contributed by atoms with E-state index < -0.39 is 145 Å². The SMILES string of the molecule is CC[C@@H]1C[C@H](N(Cc2cc(C(F)(F)F)cc(C(F)(F)F)c2)c2ncc(OCC(=O)O)cn2)C[C@H](Cc2ccccc2)N1C(=O)OC(C)(C)C.CC[C@@H]1C[C@H](N(Cc2cc(C(F)(F)F)cc(C(F)(F)F)c2)c2ncc(OCC(=O)OC)cn2)C[C@H](Cc2ccccc2)N1C(=O)OC(C)(C)C. The number of aromatic nitrogens is 4. The number of hydrogen-bond donors (Lipinski definition) is 1. The van der Waals surface area contributed by atoms with E-state index >= 15 is 0 Å². The first kappa shape index (κ1) is 77.2. The van der Waals surface area contributed by atoms with E-state index in [9.17, 15) is 71.9 Å². The Morgan fingerprint density at radius 1 is 0.475 bits per heavy atom. The second-order valence-electron chi connectivity index (χ2n) is 25.9. The molecule has 2 amide bonds. The minimum atomic E-state index is -5.05. The van der Waals surface area contributed by atoms with Gasteiger partial charge in [-0.1, -0.05) is 74.5 Å². The molecule has 2 saturated heterocycles. The van der Waals surface area contributed by atoms with Crippen LogP contribution in [-0.4, -0.2) is 127 Å². The zero-order valence-corrected chi connectivity index (χ0v) is 55.7. The highest BCUT2D eigenvalue weighted by atomic mass is 19.4. The normalized spacial score (nSPS) is 18.5. The predicted octanol–water partition coefficient (Wildman–Crippen LogP) is 15.6. The summed E-state index contributed by atoms with van der Waals surface area (Å²) in [4.78, 5) is 73.5. The Hall–Kier alpha value is -9.12. The van der Waals surface area contributed by atoms with Crippen LogP contribution in [0.1, 0.15) is 138 Å². The topological polar surface area (TPSA) is 199 Å². The Labute approximate surface area is 564 Å². The summed E-state index contributed by atoms with van der Waals surface area (Å²) in [7, 11) is 1.18. The molecule has 0 aliphatic carbocycles. The lowest BCUT2D eigenvalue weighted by Gasteiger charge is -2.48. The number of esters is 1. The summed E-state index contributed by atoms with van der Waals surface area (Å²) in [6.45, 7) is 12.3. The number of methoxy groups -OCH3 is 1. The van der Waals surface area contributed by atoms with Gasteiger partial charge in [0.15, 0.2) is 24.7 Å². The molecule has 1 N–H and O–H groups in total. The highest BCUT2D eigenvalue weighted by Gasteiger charge is 2.46. The summed E-state index contributed by atoms with van der Waals surface area (Å²) in [5.74, 6) is -1.85. The number of alkyl halides is 12. The second-order valence-corrected chi connectivity index (χ2v) is 25.9. The maximum Gasteiger partial charge on any atom is 0.416 e. The standard InChI is InChI=1S/C35H40F6N4O5.C34H38F6N4O5/c1-6-26-16-27(17-28(14-22-10-8-7-9-11-22)45(26)32(47)50-33(2,3)4)44(31-42-18-29(19-43-31)49-21-30(46)48-5)20-23-12-24(34(36,37)38)15-25(13-23)35(39,40)41;1-5-25-15-26(16-27(13-21-9-7-6-8-10-21)44(25)31(47)49-32(2,3)4)43(30-41-17-28(18-42-30)48-20-29(45)46)19-22-11-23(33(35,36)37)14-24(12-22)34(38,39)40/h7-13,15,18-19,26-28H,6,14,16-17,20-21H2,1-5H3;6-12,14,17-18,25-27H,5,13,15-16,19-20H2,1-4H3,(H,45,46)/t26-,27+,28+;25-,26+,27+/m11/s1. The predicted molar refractivity (Wildman–Crippen MR) is 338 cm³/mol. The van der Waals surface area contributed by atoms with Crippen LogP contribution in [0.2, 0.25) is 0 Å². The quantitative estimate of drug-likeness (QED) is 0.0429. The van der Waals surface area contributed by atoms with E-state index in [0.29, 0.717) is 49.9 Å². The fourth-order valence-corrected chi connectivity index (χ4v) is 11.8. The lowest BCUT2D eigenvalue weighted by atomic mass is 9.86. The fraction of sp³-hybridized carbons (Fsp3) is 0.478. The van der Waals surface area contributed by atoms with Crippen LogP contribution in [0.15, 0.2) is 122 Å². The minimum Gasteiger partial charge on any atom is -0.479 e. The van der Waals surface area contributed by atoms with Gasteiger partial charge in [0, 0.05) is 49.3 Å². The molecule has 538 valence electrons. The molecular formula is C69H78F12N8O10. The highest BCUT2D eigenvalue weighted by Crippen LogP contribution is 2.42. The van der Waals surface area contributed by atoms with Gasteiger partial charge in [0.05, 0.1) is 54.2 Å². The van der Waals surface area contributed by atoms with Gasteiger partial charge in [-0.25, -0.2) is 39.1 Å². The van der Waals surface area contributed by atoms with Crippen LogP contribution < -0.4 is 19.3 Å². The van der Waals surface area contributed by atoms with Gasteiger partial charge in [0.25, 0.3) is 0 Å². The van der Waals surface area contributed by atoms with Crippen LogP contribution in [0.5, 0.6) is 11.5 Å². The number of carbonyl (C=O) groups is 4. The second kappa shape index (κ2) is 32.3. The number of carboxylic acids is 1. The number of anilines is 2. The first-order chi connectivity index (χ1) is 46.2. The van der Waals surface area contributed by atoms with Gasteiger partial charge < -0.3 is 48.4 Å². The van der Waals surface area contributed by atoms with Gasteiger partial charge in [-0.2, -0.15) is 52.7 Å². The lowest BCUT2D eigenvalue weighted by Crippen LogP contribution is -2.58. The van der Waals surface area contributed by atoms with Gasteiger partial charge in [0.2, 0.25) is 11.9 Å². The highest BCUT2D eigenvalue weighted by molar-refractivity contribution is 5.71. The Morgan fingerprint density at radius 3 is 1.07 bits per heavy atom. The molecule has 2 fully saturated rings. The number of aliphatic carboxylic acids is 1. The molecule has 0 saturated carbocycles. The molecule has 0 unspecified atom stereocenters. The Balaban J connectivity index is 0.000000278. The van der Waals surface area contributed by atoms with Crippen molar-refractivity contribution >= 4 is 36.0 Å². The molecule has 0 bridgehead atoms. The van der Waals surface area contributed by atoms with Gasteiger partial charge in [0.1, 0.15) is 11.2 Å². The van der Waals surface area contributed by atoms with Gasteiger partial charge in [-0.15, -0.1) is 0 Å². The molecule has 2 aliphatic rings. The molecule has 4 heterocycles. The molecule has 2 aliphatic heterocycles. The summed E-state index contributed by atoms with van der Waals surface area (Å²) >= 11 is 0. The number of rotatable bonds is 20. The number of piperidine rings is 2. The third-order valence-electron chi connectivity index (χ3n) is 16.1. The third kappa shape index (κ3) is 22.4. The van der Waals surface area contributed by atoms with E-state index in [1.807, 2.05) is 74.5 Å². The molecular weight excluding hydrogens is 1330 g/mol. The summed E-state index contributed by atoms with van der Waals surface area (Å²) < 4.78 is 192. The Bertz CT molecular complexity index is 3590. The molecule has 0 radical (unpaired) electrons. The number of halogens is 12. The zero-order chi connectivity index (χ0) is 73.0. The molecule has 18 nitrogen and oxygen atoms in total. The van der Waals surface area contributed by atoms with Crippen LogP contribution in [0.4, 0.5) is 74.2 Å². The zero-order valence-electron chi connectivity index (χ0n) is 55.7. The number of ether oxygens (including phenoxy) is 5. The molecule has 99 heavy (non-hydrogen) atoms. The maximum absolute atomic E-state index is 13.8. The fourth-order valence-electron chi connectivity index (χ4n) is 11.8. The maximum atomic E-state index is 13.8. The van der Waals surface area contributed by atoms with E-state index in [2.05, 4.69) is 24.7 Å². The van der Waals surface area contributed by atoms with Crippen LogP contribution in [-0.2, 0) is 74.4 Å². The first-order valence-electron chi connectivity index (χ1n) is 31.6. The van der Waals surface area contributed by atoms with E-state index in [4.69, 9.17) is 24.1 Å². The summed E-state index contributed by atoms with van der Waals surface area (Å²) in [5.41, 5.74) is -6.09. The van der Waals surface area contributed by atoms with Crippen molar-refractivity contribution in [1.29, 1.82) is 0 Å². The van der Waals surface area contributed by atoms with Gasteiger partial charge in [-0.05, 0) is 152 Å². The number of likely N-dealkylation sites (tertiary alicyclic amines) is 2. The first-order valence-corrected chi connectivity index (χ1v) is 31.6.